The topological polar surface area (TPSA) is 52.6 Å². The summed E-state index contributed by atoms with van der Waals surface area (Å²) in [6.45, 7) is 5.92. The van der Waals surface area contributed by atoms with Gasteiger partial charge in [0, 0.05) is 19.5 Å². The Labute approximate surface area is 79.9 Å². The van der Waals surface area contributed by atoms with Crippen LogP contribution in [0.4, 0.5) is 0 Å². The molecule has 0 aliphatic carbocycles. The highest BCUT2D eigenvalue weighted by molar-refractivity contribution is 5.66. The van der Waals surface area contributed by atoms with E-state index in [-0.39, 0.29) is 6.42 Å². The molecule has 0 spiro atoms. The van der Waals surface area contributed by atoms with Gasteiger partial charge in [-0.3, -0.25) is 4.79 Å². The average Bonchev–Trinajstić information content (AvgIpc) is 2.10. The van der Waals surface area contributed by atoms with Crippen LogP contribution in [0.3, 0.4) is 0 Å². The Hall–Kier alpha value is -0.610. The van der Waals surface area contributed by atoms with E-state index >= 15 is 0 Å². The van der Waals surface area contributed by atoms with E-state index in [1.54, 1.807) is 0 Å². The van der Waals surface area contributed by atoms with Crippen molar-refractivity contribution in [3.63, 3.8) is 0 Å². The zero-order valence-electron chi connectivity index (χ0n) is 8.55. The molecule has 0 aliphatic heterocycles. The second-order valence-corrected chi connectivity index (χ2v) is 3.14. The van der Waals surface area contributed by atoms with E-state index in [0.717, 1.165) is 26.2 Å². The minimum absolute atomic E-state index is 0.261. The lowest BCUT2D eigenvalue weighted by atomic mass is 10.3. The molecule has 4 nitrogen and oxygen atoms in total. The molecule has 0 aromatic carbocycles. The van der Waals surface area contributed by atoms with Gasteiger partial charge >= 0.3 is 5.97 Å². The molecule has 0 rings (SSSR count). The van der Waals surface area contributed by atoms with Crippen molar-refractivity contribution in [2.75, 3.05) is 33.2 Å². The molecule has 13 heavy (non-hydrogen) atoms. The summed E-state index contributed by atoms with van der Waals surface area (Å²) in [5, 5.41) is 11.6. The Balaban J connectivity index is 3.04. The summed E-state index contributed by atoms with van der Waals surface area (Å²) in [6.07, 6.45) is 0.974. The molecule has 0 aromatic rings. The predicted octanol–water partition coefficient (Wildman–Crippen LogP) is 0.393. The first-order chi connectivity index (χ1) is 6.16. The third-order valence-electron chi connectivity index (χ3n) is 1.95. The largest absolute Gasteiger partial charge is 0.481 e. The number of rotatable bonds is 8. The van der Waals surface area contributed by atoms with E-state index in [0.29, 0.717) is 6.42 Å². The molecule has 0 amide bonds. The minimum atomic E-state index is -0.715. The molecule has 0 saturated carbocycles. The number of carboxylic acid groups (broad SMARTS) is 1. The van der Waals surface area contributed by atoms with E-state index < -0.39 is 5.97 Å². The molecule has 0 saturated heterocycles. The standard InChI is InChI=1S/C9H20N2O2/c1-3-11(2)8-7-10-6-4-5-9(12)13/h10H,3-8H2,1-2H3,(H,12,13). The molecule has 2 N–H and O–H groups in total. The summed E-state index contributed by atoms with van der Waals surface area (Å²) in [5.41, 5.74) is 0. The van der Waals surface area contributed by atoms with Gasteiger partial charge in [0.05, 0.1) is 0 Å². The Morgan fingerprint density at radius 3 is 2.69 bits per heavy atom. The van der Waals surface area contributed by atoms with Crippen LogP contribution in [-0.2, 0) is 4.79 Å². The van der Waals surface area contributed by atoms with Crippen LogP contribution in [0.2, 0.25) is 0 Å². The molecule has 4 heteroatoms. The second kappa shape index (κ2) is 8.01. The van der Waals surface area contributed by atoms with Gasteiger partial charge in [-0.25, -0.2) is 0 Å². The SMILES string of the molecule is CCN(C)CCNCCCC(=O)O. The third kappa shape index (κ3) is 9.30. The summed E-state index contributed by atoms with van der Waals surface area (Å²) >= 11 is 0. The van der Waals surface area contributed by atoms with Crippen molar-refractivity contribution in [1.29, 1.82) is 0 Å². The second-order valence-electron chi connectivity index (χ2n) is 3.14. The van der Waals surface area contributed by atoms with Gasteiger partial charge in [0.2, 0.25) is 0 Å². The normalized spacial score (nSPS) is 10.7. The highest BCUT2D eigenvalue weighted by Gasteiger charge is 1.96. The van der Waals surface area contributed by atoms with Crippen molar-refractivity contribution in [2.24, 2.45) is 0 Å². The number of carbonyl (C=O) groups is 1. The van der Waals surface area contributed by atoms with Gasteiger partial charge < -0.3 is 15.3 Å². The molecule has 0 radical (unpaired) electrons. The number of likely N-dealkylation sites (N-methyl/N-ethyl adjacent to an activating group) is 1. The monoisotopic (exact) mass is 188 g/mol. The van der Waals surface area contributed by atoms with Crippen molar-refractivity contribution in [2.45, 2.75) is 19.8 Å². The van der Waals surface area contributed by atoms with Gasteiger partial charge in [-0.1, -0.05) is 6.92 Å². The lowest BCUT2D eigenvalue weighted by Gasteiger charge is -2.13. The molecule has 0 aliphatic rings. The van der Waals surface area contributed by atoms with Crippen molar-refractivity contribution < 1.29 is 9.90 Å². The predicted molar refractivity (Wildman–Crippen MR) is 52.9 cm³/mol. The van der Waals surface area contributed by atoms with Gasteiger partial charge in [0.15, 0.2) is 0 Å². The van der Waals surface area contributed by atoms with Crippen LogP contribution in [0, 0.1) is 0 Å². The van der Waals surface area contributed by atoms with E-state index in [1.807, 2.05) is 0 Å². The molecule has 0 heterocycles. The van der Waals surface area contributed by atoms with Crippen molar-refractivity contribution in [1.82, 2.24) is 10.2 Å². The quantitative estimate of drug-likeness (QED) is 0.541. The number of nitrogens with zero attached hydrogens (tertiary/aromatic N) is 1. The Kier molecular flexibility index (Phi) is 7.63. The first kappa shape index (κ1) is 12.4. The van der Waals surface area contributed by atoms with Gasteiger partial charge in [-0.05, 0) is 26.6 Å². The fourth-order valence-electron chi connectivity index (χ4n) is 0.918. The third-order valence-corrected chi connectivity index (χ3v) is 1.95. The highest BCUT2D eigenvalue weighted by Crippen LogP contribution is 1.85. The van der Waals surface area contributed by atoms with Gasteiger partial charge in [0.25, 0.3) is 0 Å². The summed E-state index contributed by atoms with van der Waals surface area (Å²) in [6, 6.07) is 0. The van der Waals surface area contributed by atoms with E-state index in [2.05, 4.69) is 24.2 Å². The Bertz CT molecular complexity index is 140. The van der Waals surface area contributed by atoms with Gasteiger partial charge in [0.1, 0.15) is 0 Å². The van der Waals surface area contributed by atoms with Crippen LogP contribution in [0.1, 0.15) is 19.8 Å². The molecule has 0 unspecified atom stereocenters. The highest BCUT2D eigenvalue weighted by atomic mass is 16.4. The van der Waals surface area contributed by atoms with Crippen LogP contribution < -0.4 is 5.32 Å². The molecule has 0 bridgehead atoms. The zero-order valence-corrected chi connectivity index (χ0v) is 8.55. The van der Waals surface area contributed by atoms with Crippen LogP contribution >= 0.6 is 0 Å². The summed E-state index contributed by atoms with van der Waals surface area (Å²) in [4.78, 5) is 12.4. The molecule has 0 aromatic heterocycles. The molecular weight excluding hydrogens is 168 g/mol. The van der Waals surface area contributed by atoms with Gasteiger partial charge in [-0.15, -0.1) is 0 Å². The van der Waals surface area contributed by atoms with Crippen LogP contribution in [0.25, 0.3) is 0 Å². The number of hydrogen-bond donors (Lipinski definition) is 2. The lowest BCUT2D eigenvalue weighted by Crippen LogP contribution is -2.29. The molecule has 0 atom stereocenters. The maximum absolute atomic E-state index is 10.2. The van der Waals surface area contributed by atoms with Crippen LogP contribution in [0.5, 0.6) is 0 Å². The fraction of sp³-hybridized carbons (Fsp3) is 0.889. The lowest BCUT2D eigenvalue weighted by molar-refractivity contribution is -0.137. The Morgan fingerprint density at radius 2 is 2.15 bits per heavy atom. The summed E-state index contributed by atoms with van der Waals surface area (Å²) in [5.74, 6) is -0.715. The first-order valence-corrected chi connectivity index (χ1v) is 4.78. The summed E-state index contributed by atoms with van der Waals surface area (Å²) in [7, 11) is 2.07. The fourth-order valence-corrected chi connectivity index (χ4v) is 0.918. The zero-order chi connectivity index (χ0) is 10.1. The number of hydrogen-bond acceptors (Lipinski definition) is 3. The van der Waals surface area contributed by atoms with Gasteiger partial charge in [-0.2, -0.15) is 0 Å². The Morgan fingerprint density at radius 1 is 1.46 bits per heavy atom. The summed E-state index contributed by atoms with van der Waals surface area (Å²) < 4.78 is 0. The average molecular weight is 188 g/mol. The number of aliphatic carboxylic acids is 1. The molecular formula is C9H20N2O2. The van der Waals surface area contributed by atoms with E-state index in [9.17, 15) is 4.79 Å². The van der Waals surface area contributed by atoms with E-state index in [4.69, 9.17) is 5.11 Å². The maximum Gasteiger partial charge on any atom is 0.303 e. The van der Waals surface area contributed by atoms with Crippen LogP contribution in [-0.4, -0.2) is 49.2 Å². The molecule has 78 valence electrons. The van der Waals surface area contributed by atoms with E-state index in [1.165, 1.54) is 0 Å². The number of nitrogens with one attached hydrogen (secondary N) is 1. The smallest absolute Gasteiger partial charge is 0.303 e. The first-order valence-electron chi connectivity index (χ1n) is 4.78. The minimum Gasteiger partial charge on any atom is -0.481 e. The van der Waals surface area contributed by atoms with Crippen molar-refractivity contribution >= 4 is 5.97 Å². The van der Waals surface area contributed by atoms with Crippen molar-refractivity contribution in [3.8, 4) is 0 Å². The number of carboxylic acids is 1. The van der Waals surface area contributed by atoms with Crippen LogP contribution in [0.15, 0.2) is 0 Å². The molecule has 0 fully saturated rings. The maximum atomic E-state index is 10.2. The van der Waals surface area contributed by atoms with Crippen molar-refractivity contribution in [3.05, 3.63) is 0 Å².